The summed E-state index contributed by atoms with van der Waals surface area (Å²) in [5.74, 6) is 6.01. The van der Waals surface area contributed by atoms with Gasteiger partial charge in [-0.2, -0.15) is 0 Å². The lowest BCUT2D eigenvalue weighted by Crippen LogP contribution is -2.45. The number of nitrogens with zero attached hydrogens (tertiary/aromatic N) is 3. The predicted molar refractivity (Wildman–Crippen MR) is 90.0 cm³/mol. The monoisotopic (exact) mass is 343 g/mol. The number of carbonyl (C=O) groups is 1. The van der Waals surface area contributed by atoms with Crippen molar-refractivity contribution >= 4 is 11.8 Å². The Kier molecular flexibility index (Phi) is 5.08. The number of aromatic nitrogens is 1. The second kappa shape index (κ2) is 7.05. The molecule has 0 aliphatic rings. The number of oxazole rings is 1. The average molecular weight is 343 g/mol. The molecule has 130 valence electrons. The Morgan fingerprint density at radius 2 is 2.16 bits per heavy atom. The fourth-order valence-corrected chi connectivity index (χ4v) is 2.11. The quantitative estimate of drug-likeness (QED) is 0.520. The molecule has 1 aromatic carbocycles. The molecule has 2 aromatic rings. The van der Waals surface area contributed by atoms with Gasteiger partial charge >= 0.3 is 6.09 Å². The van der Waals surface area contributed by atoms with Crippen LogP contribution in [0.5, 0.6) is 0 Å². The highest BCUT2D eigenvalue weighted by Crippen LogP contribution is 2.27. The number of hydrogen-bond acceptors (Lipinski definition) is 5. The Morgan fingerprint density at radius 3 is 2.68 bits per heavy atom. The number of benzene rings is 1. The summed E-state index contributed by atoms with van der Waals surface area (Å²) in [5.41, 5.74) is 0.223. The topological polar surface area (TPSA) is 110 Å². The number of hydrogen-bond donors (Lipinski definition) is 1. The van der Waals surface area contributed by atoms with Gasteiger partial charge in [-0.05, 0) is 26.8 Å². The van der Waals surface area contributed by atoms with E-state index in [1.165, 1.54) is 35.7 Å². The number of non-ortho nitro benzene ring substituents is 1. The fraction of sp³-hybridized carbons (Fsp3) is 0.294. The molecule has 2 rings (SSSR count). The number of carboxylic acid groups (broad SMARTS) is 1. The second-order valence-electron chi connectivity index (χ2n) is 6.19. The summed E-state index contributed by atoms with van der Waals surface area (Å²) in [4.78, 5) is 26.8. The molecule has 0 aliphatic heterocycles. The van der Waals surface area contributed by atoms with Crippen LogP contribution in [0.4, 0.5) is 10.5 Å². The first-order chi connectivity index (χ1) is 11.7. The van der Waals surface area contributed by atoms with Crippen LogP contribution < -0.4 is 0 Å². The molecule has 0 spiro atoms. The van der Waals surface area contributed by atoms with Crippen LogP contribution in [-0.2, 0) is 0 Å². The molecular formula is C17H17N3O5. The number of rotatable bonds is 3. The molecule has 1 N–H and O–H groups in total. The molecule has 0 aliphatic carbocycles. The van der Waals surface area contributed by atoms with E-state index >= 15 is 0 Å². The van der Waals surface area contributed by atoms with Crippen LogP contribution in [0.2, 0.25) is 0 Å². The van der Waals surface area contributed by atoms with Gasteiger partial charge in [0.25, 0.3) is 5.69 Å². The Hall–Kier alpha value is -3.34. The summed E-state index contributed by atoms with van der Waals surface area (Å²) in [6.07, 6.45) is 1.58. The molecule has 0 radical (unpaired) electrons. The molecular weight excluding hydrogens is 326 g/mol. The van der Waals surface area contributed by atoms with Crippen molar-refractivity contribution in [3.63, 3.8) is 0 Å². The standard InChI is InChI=1S/C17H17N3O5/c1-17(2,3)19(16(21)22)8-4-5-12-6-7-13(20(23)24)9-14(12)15-10-18-11-25-15/h6-7,9-11H,8H2,1-3H3,(H,21,22). The lowest BCUT2D eigenvalue weighted by molar-refractivity contribution is -0.384. The molecule has 0 unspecified atom stereocenters. The molecule has 0 saturated carbocycles. The molecule has 0 saturated heterocycles. The van der Waals surface area contributed by atoms with Gasteiger partial charge in [0.2, 0.25) is 0 Å². The Bertz CT molecular complexity index is 841. The first-order valence-corrected chi connectivity index (χ1v) is 7.37. The largest absolute Gasteiger partial charge is 0.465 e. The van der Waals surface area contributed by atoms with Crippen LogP contribution in [0, 0.1) is 22.0 Å². The highest BCUT2D eigenvalue weighted by Gasteiger charge is 2.24. The van der Waals surface area contributed by atoms with Crippen molar-refractivity contribution in [3.05, 3.63) is 46.5 Å². The molecule has 8 nitrogen and oxygen atoms in total. The van der Waals surface area contributed by atoms with Crippen LogP contribution in [0.1, 0.15) is 26.3 Å². The Labute approximate surface area is 144 Å². The maximum atomic E-state index is 11.3. The van der Waals surface area contributed by atoms with E-state index in [0.29, 0.717) is 16.9 Å². The fourth-order valence-electron chi connectivity index (χ4n) is 2.11. The van der Waals surface area contributed by atoms with E-state index in [-0.39, 0.29) is 12.2 Å². The van der Waals surface area contributed by atoms with Crippen molar-refractivity contribution in [1.29, 1.82) is 0 Å². The van der Waals surface area contributed by atoms with Crippen molar-refractivity contribution in [2.45, 2.75) is 26.3 Å². The van der Waals surface area contributed by atoms with Crippen molar-refractivity contribution in [2.75, 3.05) is 6.54 Å². The van der Waals surface area contributed by atoms with Gasteiger partial charge in [0.1, 0.15) is 0 Å². The van der Waals surface area contributed by atoms with Gasteiger partial charge in [-0.15, -0.1) is 0 Å². The van der Waals surface area contributed by atoms with Gasteiger partial charge in [0.05, 0.1) is 17.7 Å². The number of amides is 1. The van der Waals surface area contributed by atoms with Gasteiger partial charge < -0.3 is 9.52 Å². The van der Waals surface area contributed by atoms with E-state index in [4.69, 9.17) is 4.42 Å². The van der Waals surface area contributed by atoms with E-state index in [1.807, 2.05) is 0 Å². The zero-order valence-electron chi connectivity index (χ0n) is 14.0. The molecule has 1 amide bonds. The van der Waals surface area contributed by atoms with E-state index in [9.17, 15) is 20.0 Å². The van der Waals surface area contributed by atoms with Crippen LogP contribution in [0.25, 0.3) is 11.3 Å². The Balaban J connectivity index is 2.38. The molecule has 1 heterocycles. The minimum atomic E-state index is -1.07. The summed E-state index contributed by atoms with van der Waals surface area (Å²) in [6.45, 7) is 5.32. The molecule has 25 heavy (non-hydrogen) atoms. The van der Waals surface area contributed by atoms with E-state index < -0.39 is 16.6 Å². The van der Waals surface area contributed by atoms with E-state index in [2.05, 4.69) is 16.8 Å². The number of nitro benzene ring substituents is 1. The van der Waals surface area contributed by atoms with Crippen molar-refractivity contribution in [1.82, 2.24) is 9.88 Å². The normalized spacial score (nSPS) is 10.7. The van der Waals surface area contributed by atoms with Gasteiger partial charge in [0, 0.05) is 28.8 Å². The third-order valence-electron chi connectivity index (χ3n) is 3.41. The SMILES string of the molecule is CC(C)(C)N(CC#Cc1ccc([N+](=O)[O-])cc1-c1cnco1)C(=O)O. The number of nitro groups is 1. The third kappa shape index (κ3) is 4.35. The minimum absolute atomic E-state index is 0.00562. The van der Waals surface area contributed by atoms with Crippen molar-refractivity contribution in [3.8, 4) is 23.2 Å². The Morgan fingerprint density at radius 1 is 1.44 bits per heavy atom. The van der Waals surface area contributed by atoms with Crippen LogP contribution in [0.3, 0.4) is 0 Å². The summed E-state index contributed by atoms with van der Waals surface area (Å²) < 4.78 is 5.21. The maximum Gasteiger partial charge on any atom is 0.408 e. The predicted octanol–water partition coefficient (Wildman–Crippen LogP) is 3.38. The van der Waals surface area contributed by atoms with Crippen LogP contribution >= 0.6 is 0 Å². The highest BCUT2D eigenvalue weighted by molar-refractivity contribution is 5.70. The summed E-state index contributed by atoms with van der Waals surface area (Å²) in [5, 5.41) is 20.2. The summed E-state index contributed by atoms with van der Waals surface area (Å²) >= 11 is 0. The molecule has 0 bridgehead atoms. The summed E-state index contributed by atoms with van der Waals surface area (Å²) in [7, 11) is 0. The van der Waals surface area contributed by atoms with E-state index in [1.54, 1.807) is 20.8 Å². The van der Waals surface area contributed by atoms with Gasteiger partial charge in [-0.1, -0.05) is 11.8 Å². The lowest BCUT2D eigenvalue weighted by Gasteiger charge is -2.31. The zero-order chi connectivity index (χ0) is 18.6. The van der Waals surface area contributed by atoms with Gasteiger partial charge in [-0.25, -0.2) is 9.78 Å². The molecule has 1 aromatic heterocycles. The van der Waals surface area contributed by atoms with Crippen molar-refractivity contribution in [2.24, 2.45) is 0 Å². The van der Waals surface area contributed by atoms with Gasteiger partial charge in [-0.3, -0.25) is 15.0 Å². The third-order valence-corrected chi connectivity index (χ3v) is 3.41. The lowest BCUT2D eigenvalue weighted by atomic mass is 10.0. The van der Waals surface area contributed by atoms with Crippen molar-refractivity contribution < 1.29 is 19.2 Å². The average Bonchev–Trinajstić information content (AvgIpc) is 3.03. The summed E-state index contributed by atoms with van der Waals surface area (Å²) in [6, 6.07) is 4.19. The van der Waals surface area contributed by atoms with E-state index in [0.717, 1.165) is 0 Å². The minimum Gasteiger partial charge on any atom is -0.465 e. The maximum absolute atomic E-state index is 11.3. The highest BCUT2D eigenvalue weighted by atomic mass is 16.6. The molecule has 8 heteroatoms. The van der Waals surface area contributed by atoms with Crippen LogP contribution in [0.15, 0.2) is 35.2 Å². The second-order valence-corrected chi connectivity index (χ2v) is 6.19. The molecule has 0 fully saturated rings. The first kappa shape index (κ1) is 18.0. The van der Waals surface area contributed by atoms with Gasteiger partial charge in [0.15, 0.2) is 12.2 Å². The zero-order valence-corrected chi connectivity index (χ0v) is 14.0. The van der Waals surface area contributed by atoms with Crippen LogP contribution in [-0.4, -0.2) is 38.1 Å². The first-order valence-electron chi connectivity index (χ1n) is 7.37. The smallest absolute Gasteiger partial charge is 0.408 e. The molecule has 0 atom stereocenters.